The number of nitrogens with one attached hydrogen (secondary N) is 1. The van der Waals surface area contributed by atoms with E-state index in [4.69, 9.17) is 4.74 Å². The quantitative estimate of drug-likeness (QED) is 0.927. The van der Waals surface area contributed by atoms with Crippen molar-refractivity contribution in [3.8, 4) is 5.75 Å². The van der Waals surface area contributed by atoms with Crippen molar-refractivity contribution in [2.24, 2.45) is 7.05 Å². The van der Waals surface area contributed by atoms with E-state index in [1.165, 1.54) is 19.2 Å². The maximum Gasteiger partial charge on any atom is 0.418 e. The molecule has 1 aromatic carbocycles. The standard InChI is InChI=1S/C14H15F3N2O/c1-19-7-3-4-10(19)9-18-13-6-5-11(20-2)8-12(13)14(15,16)17/h3-8,18H,9H2,1-2H3. The summed E-state index contributed by atoms with van der Waals surface area (Å²) in [5.74, 6) is 0.182. The second kappa shape index (κ2) is 5.48. The van der Waals surface area contributed by atoms with Crippen LogP contribution in [0.5, 0.6) is 5.75 Å². The van der Waals surface area contributed by atoms with Crippen LogP contribution in [0.15, 0.2) is 36.5 Å². The van der Waals surface area contributed by atoms with E-state index in [0.717, 1.165) is 11.8 Å². The highest BCUT2D eigenvalue weighted by atomic mass is 19.4. The molecule has 0 aliphatic heterocycles. The Bertz CT molecular complexity index is 590. The van der Waals surface area contributed by atoms with E-state index in [9.17, 15) is 13.2 Å². The lowest BCUT2D eigenvalue weighted by molar-refractivity contribution is -0.137. The summed E-state index contributed by atoms with van der Waals surface area (Å²) in [6.45, 7) is 0.318. The van der Waals surface area contributed by atoms with E-state index >= 15 is 0 Å². The van der Waals surface area contributed by atoms with Crippen LogP contribution in [0.2, 0.25) is 0 Å². The minimum Gasteiger partial charge on any atom is -0.497 e. The second-order valence-electron chi connectivity index (χ2n) is 4.37. The van der Waals surface area contributed by atoms with E-state index in [1.54, 1.807) is 0 Å². The SMILES string of the molecule is COc1ccc(NCc2cccn2C)c(C(F)(F)F)c1. The van der Waals surface area contributed by atoms with Gasteiger partial charge in [-0.05, 0) is 30.3 Å². The van der Waals surface area contributed by atoms with Gasteiger partial charge in [-0.15, -0.1) is 0 Å². The van der Waals surface area contributed by atoms with E-state index in [1.807, 2.05) is 29.9 Å². The summed E-state index contributed by atoms with van der Waals surface area (Å²) in [5, 5.41) is 2.82. The number of halogens is 3. The zero-order chi connectivity index (χ0) is 14.8. The van der Waals surface area contributed by atoms with Crippen molar-refractivity contribution in [1.82, 2.24) is 4.57 Å². The van der Waals surface area contributed by atoms with Gasteiger partial charge in [0.25, 0.3) is 0 Å². The number of hydrogen-bond donors (Lipinski definition) is 1. The topological polar surface area (TPSA) is 26.2 Å². The van der Waals surface area contributed by atoms with Crippen LogP contribution in [0, 0.1) is 0 Å². The van der Waals surface area contributed by atoms with Gasteiger partial charge in [0.2, 0.25) is 0 Å². The third-order valence-corrected chi connectivity index (χ3v) is 3.04. The van der Waals surface area contributed by atoms with Gasteiger partial charge in [-0.1, -0.05) is 0 Å². The lowest BCUT2D eigenvalue weighted by atomic mass is 10.1. The Morgan fingerprint density at radius 1 is 1.25 bits per heavy atom. The first-order valence-corrected chi connectivity index (χ1v) is 6.01. The van der Waals surface area contributed by atoms with Crippen LogP contribution in [0.25, 0.3) is 0 Å². The minimum atomic E-state index is -4.43. The average Bonchev–Trinajstić information content (AvgIpc) is 2.80. The normalized spacial score (nSPS) is 11.4. The third-order valence-electron chi connectivity index (χ3n) is 3.04. The highest BCUT2D eigenvalue weighted by Crippen LogP contribution is 2.37. The van der Waals surface area contributed by atoms with Crippen LogP contribution in [-0.2, 0) is 19.8 Å². The number of alkyl halides is 3. The molecule has 1 aromatic heterocycles. The van der Waals surface area contributed by atoms with Gasteiger partial charge in [-0.3, -0.25) is 0 Å². The number of nitrogens with zero attached hydrogens (tertiary/aromatic N) is 1. The maximum absolute atomic E-state index is 13.0. The molecular formula is C14H15F3N2O. The summed E-state index contributed by atoms with van der Waals surface area (Å²) in [4.78, 5) is 0. The zero-order valence-electron chi connectivity index (χ0n) is 11.2. The Morgan fingerprint density at radius 3 is 2.55 bits per heavy atom. The van der Waals surface area contributed by atoms with Crippen LogP contribution in [0.3, 0.4) is 0 Å². The van der Waals surface area contributed by atoms with Crippen LogP contribution in [0.4, 0.5) is 18.9 Å². The largest absolute Gasteiger partial charge is 0.497 e. The Kier molecular flexibility index (Phi) is 3.92. The van der Waals surface area contributed by atoms with Crippen molar-refractivity contribution in [1.29, 1.82) is 0 Å². The number of aromatic nitrogens is 1. The lowest BCUT2D eigenvalue weighted by Gasteiger charge is -2.16. The Hall–Kier alpha value is -2.11. The Labute approximate surface area is 115 Å². The monoisotopic (exact) mass is 284 g/mol. The molecule has 0 atom stereocenters. The zero-order valence-corrected chi connectivity index (χ0v) is 11.2. The fourth-order valence-electron chi connectivity index (χ4n) is 1.90. The Balaban J connectivity index is 2.25. The van der Waals surface area contributed by atoms with Gasteiger partial charge < -0.3 is 14.6 Å². The molecule has 0 spiro atoms. The number of methoxy groups -OCH3 is 1. The highest BCUT2D eigenvalue weighted by Gasteiger charge is 2.34. The van der Waals surface area contributed by atoms with Gasteiger partial charge in [-0.2, -0.15) is 13.2 Å². The molecule has 0 saturated carbocycles. The molecule has 2 rings (SSSR count). The number of aryl methyl sites for hydroxylation is 1. The van der Waals surface area contributed by atoms with Gasteiger partial charge in [0.15, 0.2) is 0 Å². The molecule has 0 bridgehead atoms. The van der Waals surface area contributed by atoms with Gasteiger partial charge in [0, 0.05) is 24.6 Å². The van der Waals surface area contributed by atoms with E-state index in [-0.39, 0.29) is 11.4 Å². The van der Waals surface area contributed by atoms with Crippen molar-refractivity contribution in [3.63, 3.8) is 0 Å². The van der Waals surface area contributed by atoms with Crippen molar-refractivity contribution in [2.45, 2.75) is 12.7 Å². The molecule has 3 nitrogen and oxygen atoms in total. The molecule has 0 fully saturated rings. The number of rotatable bonds is 4. The molecule has 108 valence electrons. The fraction of sp³-hybridized carbons (Fsp3) is 0.286. The molecule has 0 aliphatic carbocycles. The molecule has 0 radical (unpaired) electrons. The molecule has 20 heavy (non-hydrogen) atoms. The van der Waals surface area contributed by atoms with Crippen LogP contribution < -0.4 is 10.1 Å². The molecule has 2 aromatic rings. The van der Waals surface area contributed by atoms with Gasteiger partial charge in [0.05, 0.1) is 19.2 Å². The molecule has 6 heteroatoms. The molecule has 0 amide bonds. The molecule has 0 aliphatic rings. The number of hydrogen-bond acceptors (Lipinski definition) is 2. The van der Waals surface area contributed by atoms with E-state index in [2.05, 4.69) is 5.32 Å². The predicted octanol–water partition coefficient (Wildman–Crippen LogP) is 3.66. The second-order valence-corrected chi connectivity index (χ2v) is 4.37. The number of ether oxygens (including phenoxy) is 1. The van der Waals surface area contributed by atoms with Gasteiger partial charge in [0.1, 0.15) is 5.75 Å². The minimum absolute atomic E-state index is 0.0412. The summed E-state index contributed by atoms with van der Waals surface area (Å²) >= 11 is 0. The van der Waals surface area contributed by atoms with E-state index < -0.39 is 11.7 Å². The summed E-state index contributed by atoms with van der Waals surface area (Å²) in [6.07, 6.45) is -2.58. The first-order chi connectivity index (χ1) is 9.41. The molecule has 0 saturated heterocycles. The van der Waals surface area contributed by atoms with Crippen molar-refractivity contribution in [2.75, 3.05) is 12.4 Å². The van der Waals surface area contributed by atoms with E-state index in [0.29, 0.717) is 6.54 Å². The van der Waals surface area contributed by atoms with Crippen molar-refractivity contribution < 1.29 is 17.9 Å². The van der Waals surface area contributed by atoms with Crippen molar-refractivity contribution in [3.05, 3.63) is 47.8 Å². The average molecular weight is 284 g/mol. The van der Waals surface area contributed by atoms with Crippen molar-refractivity contribution >= 4 is 5.69 Å². The summed E-state index contributed by atoms with van der Waals surface area (Å²) in [7, 11) is 3.18. The lowest BCUT2D eigenvalue weighted by Crippen LogP contribution is -2.12. The third kappa shape index (κ3) is 3.07. The molecular weight excluding hydrogens is 269 g/mol. The van der Waals surface area contributed by atoms with Gasteiger partial charge >= 0.3 is 6.18 Å². The van der Waals surface area contributed by atoms with Crippen LogP contribution in [-0.4, -0.2) is 11.7 Å². The summed E-state index contributed by atoms with van der Waals surface area (Å²) in [6, 6.07) is 7.57. The smallest absolute Gasteiger partial charge is 0.418 e. The summed E-state index contributed by atoms with van der Waals surface area (Å²) < 4.78 is 45.7. The predicted molar refractivity (Wildman–Crippen MR) is 70.7 cm³/mol. The maximum atomic E-state index is 13.0. The molecule has 1 heterocycles. The highest BCUT2D eigenvalue weighted by molar-refractivity contribution is 5.55. The van der Waals surface area contributed by atoms with Crippen LogP contribution >= 0.6 is 0 Å². The number of anilines is 1. The fourth-order valence-corrected chi connectivity index (χ4v) is 1.90. The summed E-state index contributed by atoms with van der Waals surface area (Å²) in [5.41, 5.74) is 0.208. The first kappa shape index (κ1) is 14.3. The first-order valence-electron chi connectivity index (χ1n) is 6.01. The Morgan fingerprint density at radius 2 is 2.00 bits per heavy atom. The van der Waals surface area contributed by atoms with Crippen LogP contribution in [0.1, 0.15) is 11.3 Å². The number of benzene rings is 1. The van der Waals surface area contributed by atoms with Gasteiger partial charge in [-0.25, -0.2) is 0 Å². The molecule has 0 unspecified atom stereocenters. The molecule has 1 N–H and O–H groups in total.